The summed E-state index contributed by atoms with van der Waals surface area (Å²) in [6.45, 7) is 4.36. The number of hydrogen-bond donors (Lipinski definition) is 1. The van der Waals surface area contributed by atoms with Crippen molar-refractivity contribution in [3.63, 3.8) is 0 Å². The zero-order valence-corrected chi connectivity index (χ0v) is 17.4. The standard InChI is InChI=1S/C20H19ClN6O4/c1-3-18(28)26-7-12-9-31-20(30)27(12)16(8-26)11-4-14(25-17(21)5-11)13-6-15(19(29)22-2)24-10-23-13/h3-6,10,12,16H,1,7-9H2,2H3,(H,22,29)/t12-,16-/m1/s1. The fourth-order valence-electron chi connectivity index (χ4n) is 3.78. The second kappa shape index (κ2) is 8.31. The predicted molar refractivity (Wildman–Crippen MR) is 110 cm³/mol. The van der Waals surface area contributed by atoms with Gasteiger partial charge in [0.15, 0.2) is 0 Å². The zero-order valence-electron chi connectivity index (χ0n) is 16.6. The summed E-state index contributed by atoms with van der Waals surface area (Å²) < 4.78 is 5.22. The molecule has 10 nitrogen and oxygen atoms in total. The van der Waals surface area contributed by atoms with E-state index < -0.39 is 12.1 Å². The molecule has 0 radical (unpaired) electrons. The molecule has 4 rings (SSSR count). The number of nitrogens with zero attached hydrogens (tertiary/aromatic N) is 5. The van der Waals surface area contributed by atoms with Crippen LogP contribution in [0, 0.1) is 0 Å². The van der Waals surface area contributed by atoms with Crippen molar-refractivity contribution in [2.45, 2.75) is 12.1 Å². The molecule has 31 heavy (non-hydrogen) atoms. The molecule has 0 aromatic carbocycles. The normalized spacial score (nSPS) is 20.1. The van der Waals surface area contributed by atoms with Crippen LogP contribution in [0.15, 0.2) is 37.2 Å². The number of ether oxygens (including phenoxy) is 1. The molecule has 4 heterocycles. The fourth-order valence-corrected chi connectivity index (χ4v) is 4.00. The maximum absolute atomic E-state index is 12.4. The number of nitrogens with one attached hydrogen (secondary N) is 1. The Balaban J connectivity index is 1.74. The van der Waals surface area contributed by atoms with E-state index in [0.29, 0.717) is 23.5 Å². The summed E-state index contributed by atoms with van der Waals surface area (Å²) >= 11 is 6.29. The monoisotopic (exact) mass is 442 g/mol. The van der Waals surface area contributed by atoms with Crippen molar-refractivity contribution >= 4 is 29.5 Å². The Labute approximate surface area is 182 Å². The Bertz CT molecular complexity index is 1080. The summed E-state index contributed by atoms with van der Waals surface area (Å²) in [6.07, 6.45) is 2.07. The van der Waals surface area contributed by atoms with Crippen LogP contribution in [0.3, 0.4) is 0 Å². The van der Waals surface area contributed by atoms with Gasteiger partial charge in [0.05, 0.1) is 23.5 Å². The number of pyridine rings is 1. The summed E-state index contributed by atoms with van der Waals surface area (Å²) in [5, 5.41) is 2.69. The lowest BCUT2D eigenvalue weighted by Crippen LogP contribution is -2.55. The maximum Gasteiger partial charge on any atom is 0.410 e. The average Bonchev–Trinajstić information content (AvgIpc) is 3.17. The van der Waals surface area contributed by atoms with Crippen LogP contribution < -0.4 is 5.32 Å². The number of carbonyl (C=O) groups is 3. The van der Waals surface area contributed by atoms with Gasteiger partial charge in [0.2, 0.25) is 5.91 Å². The van der Waals surface area contributed by atoms with Gasteiger partial charge >= 0.3 is 6.09 Å². The summed E-state index contributed by atoms with van der Waals surface area (Å²) in [7, 11) is 1.50. The number of amides is 3. The second-order valence-corrected chi connectivity index (χ2v) is 7.46. The Morgan fingerprint density at radius 3 is 2.81 bits per heavy atom. The smallest absolute Gasteiger partial charge is 0.410 e. The number of halogens is 1. The molecule has 2 atom stereocenters. The fraction of sp³-hybridized carbons (Fsp3) is 0.300. The number of hydrogen-bond acceptors (Lipinski definition) is 7. The van der Waals surface area contributed by atoms with Crippen molar-refractivity contribution < 1.29 is 19.1 Å². The highest BCUT2D eigenvalue weighted by Gasteiger charge is 2.45. The third-order valence-corrected chi connectivity index (χ3v) is 5.43. The van der Waals surface area contributed by atoms with E-state index in [1.54, 1.807) is 21.9 Å². The maximum atomic E-state index is 12.4. The molecule has 2 aromatic heterocycles. The second-order valence-electron chi connectivity index (χ2n) is 7.08. The quantitative estimate of drug-likeness (QED) is 0.562. The molecule has 0 bridgehead atoms. The summed E-state index contributed by atoms with van der Waals surface area (Å²) in [5.74, 6) is -0.588. The molecule has 2 saturated heterocycles. The molecule has 0 unspecified atom stereocenters. The highest BCUT2D eigenvalue weighted by Crippen LogP contribution is 2.35. The van der Waals surface area contributed by atoms with E-state index in [0.717, 1.165) is 0 Å². The van der Waals surface area contributed by atoms with E-state index in [-0.39, 0.29) is 41.9 Å². The summed E-state index contributed by atoms with van der Waals surface area (Å²) in [6, 6.07) is 4.11. The van der Waals surface area contributed by atoms with E-state index in [1.165, 1.54) is 25.5 Å². The van der Waals surface area contributed by atoms with Gasteiger partial charge in [0, 0.05) is 20.1 Å². The van der Waals surface area contributed by atoms with Crippen molar-refractivity contribution in [1.82, 2.24) is 30.1 Å². The van der Waals surface area contributed by atoms with Crippen molar-refractivity contribution in [1.29, 1.82) is 0 Å². The van der Waals surface area contributed by atoms with Gasteiger partial charge in [-0.3, -0.25) is 14.5 Å². The van der Waals surface area contributed by atoms with Gasteiger partial charge in [-0.05, 0) is 29.8 Å². The molecule has 160 valence electrons. The molecular weight excluding hydrogens is 424 g/mol. The molecule has 2 aliphatic rings. The van der Waals surface area contributed by atoms with Crippen LogP contribution in [-0.4, -0.2) is 75.4 Å². The molecule has 1 N–H and O–H groups in total. The highest BCUT2D eigenvalue weighted by atomic mass is 35.5. The average molecular weight is 443 g/mol. The first kappa shape index (κ1) is 20.7. The topological polar surface area (TPSA) is 118 Å². The number of fused-ring (bicyclic) bond motifs is 1. The molecule has 11 heteroatoms. The molecular formula is C20H19ClN6O4. The first-order valence-electron chi connectivity index (χ1n) is 9.49. The van der Waals surface area contributed by atoms with Crippen LogP contribution in [0.5, 0.6) is 0 Å². The minimum atomic E-state index is -0.489. The third kappa shape index (κ3) is 3.93. The Morgan fingerprint density at radius 1 is 1.26 bits per heavy atom. The van der Waals surface area contributed by atoms with Crippen LogP contribution in [-0.2, 0) is 9.53 Å². The van der Waals surface area contributed by atoms with Crippen LogP contribution >= 0.6 is 11.6 Å². The van der Waals surface area contributed by atoms with E-state index in [4.69, 9.17) is 16.3 Å². The van der Waals surface area contributed by atoms with Crippen molar-refractivity contribution in [3.8, 4) is 11.4 Å². The molecule has 3 amide bonds. The molecule has 2 aromatic rings. The Morgan fingerprint density at radius 2 is 2.06 bits per heavy atom. The van der Waals surface area contributed by atoms with Crippen molar-refractivity contribution in [2.24, 2.45) is 0 Å². The number of carbonyl (C=O) groups excluding carboxylic acids is 3. The van der Waals surface area contributed by atoms with Crippen LogP contribution in [0.25, 0.3) is 11.4 Å². The van der Waals surface area contributed by atoms with Crippen molar-refractivity contribution in [2.75, 3.05) is 26.7 Å². The van der Waals surface area contributed by atoms with E-state index in [2.05, 4.69) is 26.8 Å². The van der Waals surface area contributed by atoms with E-state index in [9.17, 15) is 14.4 Å². The van der Waals surface area contributed by atoms with E-state index in [1.807, 2.05) is 0 Å². The lowest BCUT2D eigenvalue weighted by Gasteiger charge is -2.41. The lowest BCUT2D eigenvalue weighted by molar-refractivity contribution is -0.129. The minimum absolute atomic E-state index is 0.180. The van der Waals surface area contributed by atoms with Crippen LogP contribution in [0.2, 0.25) is 5.15 Å². The van der Waals surface area contributed by atoms with Gasteiger partial charge in [0.25, 0.3) is 5.91 Å². The molecule has 2 aliphatic heterocycles. The molecule has 0 spiro atoms. The lowest BCUT2D eigenvalue weighted by atomic mass is 9.99. The summed E-state index contributed by atoms with van der Waals surface area (Å²) in [4.78, 5) is 52.3. The first-order valence-corrected chi connectivity index (χ1v) is 9.87. The van der Waals surface area contributed by atoms with E-state index >= 15 is 0 Å². The molecule has 0 saturated carbocycles. The Hall–Kier alpha value is -3.53. The van der Waals surface area contributed by atoms with Gasteiger partial charge < -0.3 is 15.0 Å². The number of rotatable bonds is 4. The minimum Gasteiger partial charge on any atom is -0.447 e. The molecule has 0 aliphatic carbocycles. The zero-order chi connectivity index (χ0) is 22.1. The summed E-state index contributed by atoms with van der Waals surface area (Å²) in [5.41, 5.74) is 1.65. The highest BCUT2D eigenvalue weighted by molar-refractivity contribution is 6.29. The van der Waals surface area contributed by atoms with Gasteiger partial charge in [-0.15, -0.1) is 0 Å². The Kier molecular flexibility index (Phi) is 5.55. The van der Waals surface area contributed by atoms with Gasteiger partial charge in [0.1, 0.15) is 23.8 Å². The van der Waals surface area contributed by atoms with Crippen LogP contribution in [0.4, 0.5) is 4.79 Å². The number of cyclic esters (lactones) is 1. The number of aromatic nitrogens is 3. The number of piperazine rings is 1. The largest absolute Gasteiger partial charge is 0.447 e. The van der Waals surface area contributed by atoms with Gasteiger partial charge in [-0.1, -0.05) is 18.2 Å². The first-order chi connectivity index (χ1) is 14.9. The van der Waals surface area contributed by atoms with Gasteiger partial charge in [-0.25, -0.2) is 19.7 Å². The predicted octanol–water partition coefficient (Wildman–Crippen LogP) is 1.44. The van der Waals surface area contributed by atoms with Gasteiger partial charge in [-0.2, -0.15) is 0 Å². The third-order valence-electron chi connectivity index (χ3n) is 5.24. The molecule has 2 fully saturated rings. The van der Waals surface area contributed by atoms with Crippen LogP contribution in [0.1, 0.15) is 22.1 Å². The van der Waals surface area contributed by atoms with Crippen molar-refractivity contribution in [3.05, 3.63) is 53.6 Å². The SMILES string of the molecule is C=CC(=O)N1C[C@@H]2COC(=O)N2[C@@H](c2cc(Cl)nc(-c3cc(C(=O)NC)ncn3)c2)C1.